The predicted octanol–water partition coefficient (Wildman–Crippen LogP) is 1.30. The van der Waals surface area contributed by atoms with Crippen LogP contribution >= 0.6 is 0 Å². The molecule has 2 N–H and O–H groups in total. The molecule has 1 aliphatic rings. The van der Waals surface area contributed by atoms with Crippen LogP contribution in [0.2, 0.25) is 0 Å². The Kier molecular flexibility index (Phi) is 2.89. The topological polar surface area (TPSA) is 56.6 Å². The number of hydrogen-bond donors (Lipinski definition) is 2. The maximum Gasteiger partial charge on any atom is 0.129 e. The number of aliphatic hydroxyl groups is 2. The minimum atomic E-state index is -0.268. The molecular formula is C14H16N2O2. The summed E-state index contributed by atoms with van der Waals surface area (Å²) < 4.78 is 0. The van der Waals surface area contributed by atoms with Gasteiger partial charge in [0.1, 0.15) is 5.82 Å². The molecule has 0 bridgehead atoms. The molecule has 0 spiro atoms. The number of nitrogens with zero attached hydrogens (tertiary/aromatic N) is 2. The van der Waals surface area contributed by atoms with E-state index in [-0.39, 0.29) is 12.7 Å². The van der Waals surface area contributed by atoms with E-state index in [9.17, 15) is 10.2 Å². The van der Waals surface area contributed by atoms with Crippen LogP contribution in [0.15, 0.2) is 30.3 Å². The lowest BCUT2D eigenvalue weighted by atomic mass is 10.1. The molecule has 0 radical (unpaired) electrons. The molecule has 1 aromatic carbocycles. The zero-order valence-corrected chi connectivity index (χ0v) is 10.1. The molecule has 4 nitrogen and oxygen atoms in total. The molecule has 0 saturated carbocycles. The van der Waals surface area contributed by atoms with Crippen LogP contribution in [0.4, 0.5) is 5.82 Å². The number of para-hydroxylation sites is 1. The largest absolute Gasteiger partial charge is 0.392 e. The lowest BCUT2D eigenvalue weighted by molar-refractivity contribution is 0.198. The second-order valence-corrected chi connectivity index (χ2v) is 4.70. The Morgan fingerprint density at radius 3 is 2.89 bits per heavy atom. The first-order valence-corrected chi connectivity index (χ1v) is 6.20. The number of aliphatic hydroxyl groups excluding tert-OH is 2. The SMILES string of the molecule is OCc1cc(N2CCC(O)C2)nc2ccccc12. The van der Waals surface area contributed by atoms with Gasteiger partial charge in [-0.15, -0.1) is 0 Å². The van der Waals surface area contributed by atoms with Gasteiger partial charge in [-0.1, -0.05) is 18.2 Å². The van der Waals surface area contributed by atoms with Crippen molar-refractivity contribution in [2.24, 2.45) is 0 Å². The van der Waals surface area contributed by atoms with Crippen molar-refractivity contribution in [3.63, 3.8) is 0 Å². The number of fused-ring (bicyclic) bond motifs is 1. The van der Waals surface area contributed by atoms with Gasteiger partial charge in [-0.25, -0.2) is 4.98 Å². The van der Waals surface area contributed by atoms with E-state index in [2.05, 4.69) is 9.88 Å². The average Bonchev–Trinajstić information content (AvgIpc) is 2.84. The smallest absolute Gasteiger partial charge is 0.129 e. The molecule has 2 heterocycles. The van der Waals surface area contributed by atoms with Gasteiger partial charge in [0.05, 0.1) is 18.2 Å². The van der Waals surface area contributed by atoms with Gasteiger partial charge in [-0.05, 0) is 24.1 Å². The number of benzene rings is 1. The summed E-state index contributed by atoms with van der Waals surface area (Å²) in [6, 6.07) is 9.73. The van der Waals surface area contributed by atoms with Gasteiger partial charge in [0.2, 0.25) is 0 Å². The number of anilines is 1. The van der Waals surface area contributed by atoms with Crippen LogP contribution in [-0.4, -0.2) is 34.4 Å². The molecule has 18 heavy (non-hydrogen) atoms. The second-order valence-electron chi connectivity index (χ2n) is 4.70. The van der Waals surface area contributed by atoms with Crippen LogP contribution in [0.1, 0.15) is 12.0 Å². The second kappa shape index (κ2) is 4.55. The van der Waals surface area contributed by atoms with Crippen molar-refractivity contribution in [2.45, 2.75) is 19.1 Å². The minimum absolute atomic E-state index is 0.00638. The maximum atomic E-state index is 9.58. The van der Waals surface area contributed by atoms with Gasteiger partial charge >= 0.3 is 0 Å². The highest BCUT2D eigenvalue weighted by Gasteiger charge is 2.22. The highest BCUT2D eigenvalue weighted by Crippen LogP contribution is 2.25. The van der Waals surface area contributed by atoms with Crippen LogP contribution in [0.25, 0.3) is 10.9 Å². The molecule has 2 aromatic rings. The van der Waals surface area contributed by atoms with E-state index in [1.165, 1.54) is 0 Å². The van der Waals surface area contributed by atoms with E-state index in [1.54, 1.807) is 0 Å². The Hall–Kier alpha value is -1.65. The van der Waals surface area contributed by atoms with Crippen LogP contribution in [0.5, 0.6) is 0 Å². The molecule has 1 fully saturated rings. The van der Waals surface area contributed by atoms with Gasteiger partial charge in [0.15, 0.2) is 0 Å². The van der Waals surface area contributed by atoms with E-state index >= 15 is 0 Å². The molecule has 4 heteroatoms. The Morgan fingerprint density at radius 1 is 1.33 bits per heavy atom. The number of hydrogen-bond acceptors (Lipinski definition) is 4. The Labute approximate surface area is 105 Å². The molecule has 0 aliphatic carbocycles. The van der Waals surface area contributed by atoms with Crippen LogP contribution in [0.3, 0.4) is 0 Å². The van der Waals surface area contributed by atoms with Crippen molar-refractivity contribution in [2.75, 3.05) is 18.0 Å². The van der Waals surface area contributed by atoms with E-state index in [1.807, 2.05) is 30.3 Å². The fraction of sp³-hybridized carbons (Fsp3) is 0.357. The first kappa shape index (κ1) is 11.4. The van der Waals surface area contributed by atoms with Crippen molar-refractivity contribution in [3.8, 4) is 0 Å². The molecule has 1 saturated heterocycles. The fourth-order valence-corrected chi connectivity index (χ4v) is 2.47. The van der Waals surface area contributed by atoms with Gasteiger partial charge in [-0.3, -0.25) is 0 Å². The molecule has 0 amide bonds. The van der Waals surface area contributed by atoms with Gasteiger partial charge in [0, 0.05) is 18.5 Å². The lowest BCUT2D eigenvalue weighted by Crippen LogP contribution is -2.22. The third-order valence-corrected chi connectivity index (χ3v) is 3.45. The molecular weight excluding hydrogens is 228 g/mol. The van der Waals surface area contributed by atoms with Crippen molar-refractivity contribution in [1.82, 2.24) is 4.98 Å². The summed E-state index contributed by atoms with van der Waals surface area (Å²) in [6.45, 7) is 1.44. The summed E-state index contributed by atoms with van der Waals surface area (Å²) in [5.74, 6) is 0.842. The van der Waals surface area contributed by atoms with Gasteiger partial charge in [-0.2, -0.15) is 0 Å². The van der Waals surface area contributed by atoms with Crippen molar-refractivity contribution in [3.05, 3.63) is 35.9 Å². The van der Waals surface area contributed by atoms with Gasteiger partial charge in [0.25, 0.3) is 0 Å². The minimum Gasteiger partial charge on any atom is -0.392 e. The number of β-amino-alcohol motifs (C(OH)–C–C–N with tert-alkyl or cyclic N) is 1. The molecule has 1 aliphatic heterocycles. The normalized spacial score (nSPS) is 19.7. The third-order valence-electron chi connectivity index (χ3n) is 3.45. The lowest BCUT2D eigenvalue weighted by Gasteiger charge is -2.18. The zero-order valence-electron chi connectivity index (χ0n) is 10.1. The zero-order chi connectivity index (χ0) is 12.5. The van der Waals surface area contributed by atoms with Crippen molar-refractivity contribution >= 4 is 16.7 Å². The molecule has 1 atom stereocenters. The Morgan fingerprint density at radius 2 is 2.17 bits per heavy atom. The first-order chi connectivity index (χ1) is 8.78. The third kappa shape index (κ3) is 1.94. The first-order valence-electron chi connectivity index (χ1n) is 6.20. The Bertz CT molecular complexity index is 571. The van der Waals surface area contributed by atoms with Crippen LogP contribution in [-0.2, 0) is 6.61 Å². The van der Waals surface area contributed by atoms with Crippen LogP contribution < -0.4 is 4.90 Å². The molecule has 1 aromatic heterocycles. The van der Waals surface area contributed by atoms with E-state index < -0.39 is 0 Å². The van der Waals surface area contributed by atoms with E-state index in [4.69, 9.17) is 0 Å². The summed E-state index contributed by atoms with van der Waals surface area (Å²) in [5.41, 5.74) is 1.78. The maximum absolute atomic E-state index is 9.58. The molecule has 94 valence electrons. The summed E-state index contributed by atoms with van der Waals surface area (Å²) in [6.07, 6.45) is 0.513. The standard InChI is InChI=1S/C14H16N2O2/c17-9-10-7-14(16-6-5-11(18)8-16)15-13-4-2-1-3-12(10)13/h1-4,7,11,17-18H,5-6,8-9H2. The van der Waals surface area contributed by atoms with Crippen molar-refractivity contribution in [1.29, 1.82) is 0 Å². The van der Waals surface area contributed by atoms with Crippen LogP contribution in [0, 0.1) is 0 Å². The predicted molar refractivity (Wildman–Crippen MR) is 70.5 cm³/mol. The summed E-state index contributed by atoms with van der Waals surface area (Å²) in [7, 11) is 0. The summed E-state index contributed by atoms with van der Waals surface area (Å²) in [4.78, 5) is 6.67. The van der Waals surface area contributed by atoms with Crippen molar-refractivity contribution < 1.29 is 10.2 Å². The fourth-order valence-electron chi connectivity index (χ4n) is 2.47. The molecule has 3 rings (SSSR count). The molecule has 1 unspecified atom stereocenters. The number of pyridine rings is 1. The Balaban J connectivity index is 2.08. The quantitative estimate of drug-likeness (QED) is 0.836. The number of aromatic nitrogens is 1. The van der Waals surface area contributed by atoms with E-state index in [0.29, 0.717) is 6.54 Å². The summed E-state index contributed by atoms with van der Waals surface area (Å²) >= 11 is 0. The summed E-state index contributed by atoms with van der Waals surface area (Å²) in [5, 5.41) is 20.0. The highest BCUT2D eigenvalue weighted by atomic mass is 16.3. The van der Waals surface area contributed by atoms with E-state index in [0.717, 1.165) is 35.2 Å². The average molecular weight is 244 g/mol. The highest BCUT2D eigenvalue weighted by molar-refractivity contribution is 5.84. The monoisotopic (exact) mass is 244 g/mol. The number of rotatable bonds is 2. The van der Waals surface area contributed by atoms with Gasteiger partial charge < -0.3 is 15.1 Å².